The maximum Gasteiger partial charge on any atom is 0.289 e. The van der Waals surface area contributed by atoms with Gasteiger partial charge in [0.2, 0.25) is 0 Å². The Bertz CT molecular complexity index is 744. The lowest BCUT2D eigenvalue weighted by molar-refractivity contribution is 0.0656. The van der Waals surface area contributed by atoms with Gasteiger partial charge in [0, 0.05) is 46.9 Å². The van der Waals surface area contributed by atoms with E-state index < -0.39 is 0 Å². The molecule has 8 heteroatoms. The zero-order chi connectivity index (χ0) is 19.1. The summed E-state index contributed by atoms with van der Waals surface area (Å²) in [7, 11) is 3.48. The lowest BCUT2D eigenvalue weighted by Gasteiger charge is -2.36. The summed E-state index contributed by atoms with van der Waals surface area (Å²) in [6, 6.07) is 13.5. The number of carbonyl (C=O) groups excluding carboxylic acids is 1. The Morgan fingerprint density at radius 2 is 1.82 bits per heavy atom. The van der Waals surface area contributed by atoms with Gasteiger partial charge < -0.3 is 24.3 Å². The highest BCUT2D eigenvalue weighted by Gasteiger charge is 2.25. The standard InChI is InChI=1S/C20H26N4O3.HI/c1-21-20(22-15-18(26-2)16-7-4-3-5-8-16)24-12-10-23(11-13-24)19(25)17-9-6-14-27-17;/h3-9,14,18H,10-13,15H2,1-2H3,(H,21,22);1H. The highest BCUT2D eigenvalue weighted by atomic mass is 127. The third kappa shape index (κ3) is 5.48. The number of nitrogens with one attached hydrogen (secondary N) is 1. The molecule has 7 nitrogen and oxygen atoms in total. The molecule has 28 heavy (non-hydrogen) atoms. The Balaban J connectivity index is 0.00000280. The molecule has 0 bridgehead atoms. The zero-order valence-electron chi connectivity index (χ0n) is 16.2. The predicted octanol–water partition coefficient (Wildman–Crippen LogP) is 2.62. The molecule has 3 rings (SSSR count). The summed E-state index contributed by atoms with van der Waals surface area (Å²) in [5.74, 6) is 1.14. The molecule has 1 atom stereocenters. The number of hydrogen-bond donors (Lipinski definition) is 1. The first-order valence-electron chi connectivity index (χ1n) is 9.09. The van der Waals surface area contributed by atoms with Gasteiger partial charge in [-0.1, -0.05) is 30.3 Å². The number of piperazine rings is 1. The smallest absolute Gasteiger partial charge is 0.289 e. The number of amides is 1. The summed E-state index contributed by atoms with van der Waals surface area (Å²) < 4.78 is 10.8. The maximum atomic E-state index is 12.4. The van der Waals surface area contributed by atoms with E-state index in [2.05, 4.69) is 27.3 Å². The highest BCUT2D eigenvalue weighted by molar-refractivity contribution is 14.0. The monoisotopic (exact) mass is 498 g/mol. The fraction of sp³-hybridized carbons (Fsp3) is 0.400. The van der Waals surface area contributed by atoms with E-state index in [1.54, 1.807) is 26.3 Å². The average Bonchev–Trinajstić information content (AvgIpc) is 3.27. The van der Waals surface area contributed by atoms with Gasteiger partial charge in [-0.05, 0) is 17.7 Å². The number of nitrogens with zero attached hydrogens (tertiary/aromatic N) is 3. The average molecular weight is 498 g/mol. The van der Waals surface area contributed by atoms with Crippen molar-refractivity contribution in [3.05, 3.63) is 60.1 Å². The summed E-state index contributed by atoms with van der Waals surface area (Å²) in [4.78, 5) is 20.7. The molecule has 0 aliphatic carbocycles. The van der Waals surface area contributed by atoms with Crippen LogP contribution in [0, 0.1) is 0 Å². The lowest BCUT2D eigenvalue weighted by Crippen LogP contribution is -2.54. The molecular weight excluding hydrogens is 471 g/mol. The number of hydrogen-bond acceptors (Lipinski definition) is 4. The molecule has 1 saturated heterocycles. The van der Waals surface area contributed by atoms with Crippen LogP contribution in [-0.4, -0.2) is 68.5 Å². The van der Waals surface area contributed by atoms with Crippen LogP contribution in [0.4, 0.5) is 0 Å². The number of ether oxygens (including phenoxy) is 1. The molecule has 2 heterocycles. The Morgan fingerprint density at radius 1 is 1.14 bits per heavy atom. The quantitative estimate of drug-likeness (QED) is 0.390. The number of halogens is 1. The fourth-order valence-corrected chi connectivity index (χ4v) is 3.20. The van der Waals surface area contributed by atoms with Crippen LogP contribution in [0.5, 0.6) is 0 Å². The largest absolute Gasteiger partial charge is 0.459 e. The van der Waals surface area contributed by atoms with Gasteiger partial charge in [0.25, 0.3) is 5.91 Å². The summed E-state index contributed by atoms with van der Waals surface area (Å²) in [5.41, 5.74) is 1.12. The third-order valence-electron chi connectivity index (χ3n) is 4.71. The Labute approximate surface area is 182 Å². The molecule has 1 aliphatic heterocycles. The van der Waals surface area contributed by atoms with E-state index in [0.717, 1.165) is 24.6 Å². The molecule has 1 unspecified atom stereocenters. The predicted molar refractivity (Wildman–Crippen MR) is 119 cm³/mol. The number of rotatable bonds is 5. The molecule has 0 radical (unpaired) electrons. The van der Waals surface area contributed by atoms with E-state index >= 15 is 0 Å². The summed E-state index contributed by atoms with van der Waals surface area (Å²) in [5, 5.41) is 3.39. The second-order valence-electron chi connectivity index (χ2n) is 6.32. The molecular formula is C20H27IN4O3. The Morgan fingerprint density at radius 3 is 2.39 bits per heavy atom. The van der Waals surface area contributed by atoms with Crippen molar-refractivity contribution in [1.82, 2.24) is 15.1 Å². The van der Waals surface area contributed by atoms with Gasteiger partial charge in [0.05, 0.1) is 12.4 Å². The normalized spacial score (nSPS) is 15.7. The first kappa shape index (κ1) is 22.2. The number of guanidine groups is 1. The Kier molecular flexibility index (Phi) is 8.78. The molecule has 1 aliphatic rings. The lowest BCUT2D eigenvalue weighted by atomic mass is 10.1. The topological polar surface area (TPSA) is 70.3 Å². The van der Waals surface area contributed by atoms with Crippen molar-refractivity contribution in [3.8, 4) is 0 Å². The first-order valence-corrected chi connectivity index (χ1v) is 9.09. The van der Waals surface area contributed by atoms with Gasteiger partial charge in [-0.25, -0.2) is 0 Å². The van der Waals surface area contributed by atoms with Crippen molar-refractivity contribution in [1.29, 1.82) is 0 Å². The van der Waals surface area contributed by atoms with E-state index in [0.29, 0.717) is 25.4 Å². The van der Waals surface area contributed by atoms with Crippen LogP contribution in [0.1, 0.15) is 22.2 Å². The van der Waals surface area contributed by atoms with E-state index in [9.17, 15) is 4.79 Å². The van der Waals surface area contributed by atoms with Gasteiger partial charge >= 0.3 is 0 Å². The van der Waals surface area contributed by atoms with Crippen molar-refractivity contribution >= 4 is 35.8 Å². The number of aliphatic imine (C=N–C) groups is 1. The van der Waals surface area contributed by atoms with Crippen molar-refractivity contribution in [2.45, 2.75) is 6.10 Å². The summed E-state index contributed by atoms with van der Waals surface area (Å²) in [6.07, 6.45) is 1.47. The van der Waals surface area contributed by atoms with Gasteiger partial charge in [-0.15, -0.1) is 24.0 Å². The van der Waals surface area contributed by atoms with Gasteiger partial charge in [0.15, 0.2) is 11.7 Å². The van der Waals surface area contributed by atoms with Crippen molar-refractivity contribution in [2.24, 2.45) is 4.99 Å². The number of furan rings is 1. The van der Waals surface area contributed by atoms with Crippen molar-refractivity contribution < 1.29 is 13.9 Å². The van der Waals surface area contributed by atoms with Gasteiger partial charge in [-0.2, -0.15) is 0 Å². The fourth-order valence-electron chi connectivity index (χ4n) is 3.20. The first-order chi connectivity index (χ1) is 13.2. The van der Waals surface area contributed by atoms with E-state index in [4.69, 9.17) is 9.15 Å². The summed E-state index contributed by atoms with van der Waals surface area (Å²) >= 11 is 0. The minimum atomic E-state index is -0.0638. The van der Waals surface area contributed by atoms with Crippen molar-refractivity contribution in [2.75, 3.05) is 46.9 Å². The van der Waals surface area contributed by atoms with Gasteiger partial charge in [-0.3, -0.25) is 9.79 Å². The Hall–Kier alpha value is -2.07. The van der Waals surface area contributed by atoms with Crippen LogP contribution < -0.4 is 5.32 Å². The SMILES string of the molecule is CN=C(NCC(OC)c1ccccc1)N1CCN(C(=O)c2ccco2)CC1.I. The van der Waals surface area contributed by atoms with Crippen LogP contribution in [0.2, 0.25) is 0 Å². The molecule has 1 fully saturated rings. The van der Waals surface area contributed by atoms with Crippen LogP contribution >= 0.6 is 24.0 Å². The van der Waals surface area contributed by atoms with Crippen LogP contribution in [0.15, 0.2) is 58.1 Å². The van der Waals surface area contributed by atoms with Crippen LogP contribution in [0.25, 0.3) is 0 Å². The number of methoxy groups -OCH3 is 1. The van der Waals surface area contributed by atoms with E-state index in [1.165, 1.54) is 6.26 Å². The second-order valence-corrected chi connectivity index (χ2v) is 6.32. The minimum absolute atomic E-state index is 0. The molecule has 152 valence electrons. The molecule has 0 saturated carbocycles. The van der Waals surface area contributed by atoms with Gasteiger partial charge in [0.1, 0.15) is 0 Å². The number of carbonyl (C=O) groups is 1. The zero-order valence-corrected chi connectivity index (χ0v) is 18.5. The molecule has 1 amide bonds. The van der Waals surface area contributed by atoms with E-state index in [1.807, 2.05) is 23.1 Å². The van der Waals surface area contributed by atoms with Crippen LogP contribution in [0.3, 0.4) is 0 Å². The van der Waals surface area contributed by atoms with Crippen LogP contribution in [-0.2, 0) is 4.74 Å². The third-order valence-corrected chi connectivity index (χ3v) is 4.71. The number of benzene rings is 1. The van der Waals surface area contributed by atoms with E-state index in [-0.39, 0.29) is 36.0 Å². The highest BCUT2D eigenvalue weighted by Crippen LogP contribution is 2.15. The molecule has 1 aromatic carbocycles. The molecule has 0 spiro atoms. The summed E-state index contributed by atoms with van der Waals surface area (Å²) in [6.45, 7) is 3.32. The maximum absolute atomic E-state index is 12.4. The second kappa shape index (κ2) is 11.1. The minimum Gasteiger partial charge on any atom is -0.459 e. The molecule has 2 aromatic rings. The van der Waals surface area contributed by atoms with Crippen molar-refractivity contribution in [3.63, 3.8) is 0 Å². The molecule has 1 N–H and O–H groups in total. The molecule has 1 aromatic heterocycles.